The lowest BCUT2D eigenvalue weighted by atomic mass is 10.0. The molecule has 5 rings (SSSR count). The minimum absolute atomic E-state index is 0.112. The number of hydrogen-bond acceptors (Lipinski definition) is 7. The molecule has 8 heteroatoms. The number of likely N-dealkylation sites (tertiary alicyclic amines) is 1. The summed E-state index contributed by atoms with van der Waals surface area (Å²) in [5.41, 5.74) is 3.19. The summed E-state index contributed by atoms with van der Waals surface area (Å²) in [5.74, 6) is 0.964. The van der Waals surface area contributed by atoms with E-state index in [9.17, 15) is 4.79 Å². The van der Waals surface area contributed by atoms with Gasteiger partial charge in [0.25, 0.3) is 0 Å². The number of nitrogens with zero attached hydrogens (tertiary/aromatic N) is 5. The molecule has 0 N–H and O–H groups in total. The number of aromatic nitrogens is 2. The average Bonchev–Trinajstić information content (AvgIpc) is 2.90. The zero-order valence-electron chi connectivity index (χ0n) is 21.8. The summed E-state index contributed by atoms with van der Waals surface area (Å²) in [6.45, 7) is 5.57. The van der Waals surface area contributed by atoms with E-state index in [1.165, 1.54) is 0 Å². The molecule has 0 radical (unpaired) electrons. The van der Waals surface area contributed by atoms with Gasteiger partial charge in [0, 0.05) is 49.2 Å². The quantitative estimate of drug-likeness (QED) is 0.372. The van der Waals surface area contributed by atoms with E-state index in [0.29, 0.717) is 38.2 Å². The molecule has 2 aliphatic rings. The topological polar surface area (TPSA) is 61.8 Å². The van der Waals surface area contributed by atoms with E-state index >= 15 is 0 Å². The average molecular weight is 520 g/mol. The number of rotatable bonds is 9. The number of anilines is 2. The molecule has 1 atom stereocenters. The van der Waals surface area contributed by atoms with E-state index < -0.39 is 0 Å². The fourth-order valence-corrected chi connectivity index (χ4v) is 5.40. The number of carbonyl (C=O) groups is 1. The van der Waals surface area contributed by atoms with Crippen LogP contribution in [0.1, 0.15) is 31.0 Å². The molecular weight excluding hydrogens is 486 g/mol. The molecule has 1 fully saturated rings. The second-order valence-electron chi connectivity index (χ2n) is 9.91. The predicted molar refractivity (Wildman–Crippen MR) is 150 cm³/mol. The molecule has 7 nitrogen and oxygen atoms in total. The van der Waals surface area contributed by atoms with Gasteiger partial charge in [-0.1, -0.05) is 41.9 Å². The van der Waals surface area contributed by atoms with Crippen molar-refractivity contribution in [2.45, 2.75) is 38.8 Å². The molecule has 0 bridgehead atoms. The van der Waals surface area contributed by atoms with Gasteiger partial charge in [0.2, 0.25) is 0 Å². The second kappa shape index (κ2) is 11.1. The van der Waals surface area contributed by atoms with Crippen LogP contribution in [0.25, 0.3) is 10.8 Å². The Morgan fingerprint density at radius 2 is 2.03 bits per heavy atom. The number of likely N-dealkylation sites (N-methyl/N-ethyl adjacent to an activating group) is 1. The Hall–Kier alpha value is -3.16. The molecule has 1 aromatic heterocycles. The molecule has 3 aromatic rings. The smallest absolute Gasteiger partial charge is 0.318 e. The molecule has 194 valence electrons. The molecule has 2 aromatic carbocycles. The van der Waals surface area contributed by atoms with Gasteiger partial charge in [-0.2, -0.15) is 9.97 Å². The first kappa shape index (κ1) is 25.5. The number of allylic oxidation sites excluding steroid dienone is 2. The molecule has 0 saturated carbocycles. The molecule has 2 aliphatic heterocycles. The Bertz CT molecular complexity index is 1320. The lowest BCUT2D eigenvalue weighted by molar-refractivity contribution is -0.114. The summed E-state index contributed by atoms with van der Waals surface area (Å²) < 4.78 is 6.12. The molecule has 0 amide bonds. The number of ether oxygens (including phenoxy) is 1. The van der Waals surface area contributed by atoms with Crippen molar-refractivity contribution in [3.63, 3.8) is 0 Å². The summed E-state index contributed by atoms with van der Waals surface area (Å²) in [5, 5.41) is 2.94. The van der Waals surface area contributed by atoms with Crippen molar-refractivity contribution < 1.29 is 9.53 Å². The monoisotopic (exact) mass is 519 g/mol. The van der Waals surface area contributed by atoms with Crippen molar-refractivity contribution in [2.24, 2.45) is 0 Å². The van der Waals surface area contributed by atoms with Gasteiger partial charge >= 0.3 is 6.01 Å². The van der Waals surface area contributed by atoms with Crippen LogP contribution in [0.15, 0.2) is 48.6 Å². The minimum atomic E-state index is 0.112. The first-order valence-electron chi connectivity index (χ1n) is 13.0. The minimum Gasteiger partial charge on any atom is -0.462 e. The molecule has 3 heterocycles. The van der Waals surface area contributed by atoms with Crippen LogP contribution in [-0.4, -0.2) is 67.0 Å². The fourth-order valence-electron chi connectivity index (χ4n) is 5.12. The van der Waals surface area contributed by atoms with Gasteiger partial charge in [0.1, 0.15) is 12.4 Å². The Labute approximate surface area is 223 Å². The number of fused-ring (bicyclic) bond motifs is 2. The number of benzene rings is 2. The normalized spacial score (nSPS) is 17.6. The van der Waals surface area contributed by atoms with E-state index in [1.54, 1.807) is 12.2 Å². The highest BCUT2D eigenvalue weighted by Crippen LogP contribution is 2.36. The Balaban J connectivity index is 1.45. The van der Waals surface area contributed by atoms with Crippen molar-refractivity contribution in [3.8, 4) is 6.01 Å². The first-order valence-corrected chi connectivity index (χ1v) is 13.3. The maximum atomic E-state index is 12.1. The van der Waals surface area contributed by atoms with E-state index in [-0.39, 0.29) is 5.78 Å². The SMILES string of the molecule is C/C=C/C(=O)CCN(C)c1nc(OCC2CCN2C)nc2c1CCN(c1cccc3cccc(Cl)c13)C2. The summed E-state index contributed by atoms with van der Waals surface area (Å²) >= 11 is 6.64. The highest BCUT2D eigenvalue weighted by Gasteiger charge is 2.28. The molecule has 1 saturated heterocycles. The van der Waals surface area contributed by atoms with Crippen LogP contribution in [0.3, 0.4) is 0 Å². The zero-order valence-corrected chi connectivity index (χ0v) is 22.5. The van der Waals surface area contributed by atoms with Gasteiger partial charge in [0.05, 0.1) is 17.3 Å². The summed E-state index contributed by atoms with van der Waals surface area (Å²) in [7, 11) is 4.10. The van der Waals surface area contributed by atoms with Crippen LogP contribution in [0.4, 0.5) is 11.5 Å². The molecule has 1 unspecified atom stereocenters. The number of ketones is 1. The largest absolute Gasteiger partial charge is 0.462 e. The van der Waals surface area contributed by atoms with Crippen LogP contribution in [0.5, 0.6) is 6.01 Å². The van der Waals surface area contributed by atoms with Crippen LogP contribution in [-0.2, 0) is 17.8 Å². The first-order chi connectivity index (χ1) is 17.9. The number of hydrogen-bond donors (Lipinski definition) is 0. The molecule has 37 heavy (non-hydrogen) atoms. The Kier molecular flexibility index (Phi) is 7.63. The Morgan fingerprint density at radius 3 is 2.76 bits per heavy atom. The van der Waals surface area contributed by atoms with Crippen LogP contribution < -0.4 is 14.5 Å². The van der Waals surface area contributed by atoms with Gasteiger partial charge in [-0.3, -0.25) is 9.69 Å². The maximum Gasteiger partial charge on any atom is 0.318 e. The van der Waals surface area contributed by atoms with E-state index in [1.807, 2.05) is 26.1 Å². The summed E-state index contributed by atoms with van der Waals surface area (Å²) in [6, 6.07) is 13.1. The third-order valence-corrected chi connectivity index (χ3v) is 7.76. The fraction of sp³-hybridized carbons (Fsp3) is 0.414. The van der Waals surface area contributed by atoms with Crippen molar-refractivity contribution in [3.05, 3.63) is 64.8 Å². The van der Waals surface area contributed by atoms with Gasteiger partial charge in [-0.05, 0) is 57.0 Å². The van der Waals surface area contributed by atoms with Crippen LogP contribution >= 0.6 is 11.6 Å². The molecule has 0 spiro atoms. The molecule has 0 aliphatic carbocycles. The van der Waals surface area contributed by atoms with Crippen LogP contribution in [0, 0.1) is 0 Å². The van der Waals surface area contributed by atoms with Crippen LogP contribution in [0.2, 0.25) is 5.02 Å². The highest BCUT2D eigenvalue weighted by molar-refractivity contribution is 6.36. The van der Waals surface area contributed by atoms with E-state index in [2.05, 4.69) is 46.0 Å². The van der Waals surface area contributed by atoms with Gasteiger partial charge < -0.3 is 14.5 Å². The van der Waals surface area contributed by atoms with Crippen molar-refractivity contribution >= 4 is 39.7 Å². The molecular formula is C29H34ClN5O2. The third-order valence-electron chi connectivity index (χ3n) is 7.45. The van der Waals surface area contributed by atoms with E-state index in [0.717, 1.165) is 64.5 Å². The zero-order chi connectivity index (χ0) is 25.9. The maximum absolute atomic E-state index is 12.1. The lowest BCUT2D eigenvalue weighted by Crippen LogP contribution is -2.48. The Morgan fingerprint density at radius 1 is 1.22 bits per heavy atom. The highest BCUT2D eigenvalue weighted by atomic mass is 35.5. The van der Waals surface area contributed by atoms with Crippen molar-refractivity contribution in [1.29, 1.82) is 0 Å². The van der Waals surface area contributed by atoms with Gasteiger partial charge in [0.15, 0.2) is 5.78 Å². The number of carbonyl (C=O) groups excluding carboxylic acids is 1. The van der Waals surface area contributed by atoms with Crippen molar-refractivity contribution in [1.82, 2.24) is 14.9 Å². The summed E-state index contributed by atoms with van der Waals surface area (Å²) in [6.07, 6.45) is 5.76. The standard InChI is InChI=1S/C29H34ClN5O2/c1-4-7-22(36)13-16-34(3)28-23-14-17-35(26-11-6-9-20-8-5-10-24(30)27(20)26)18-25(23)31-29(32-28)37-19-21-12-15-33(21)2/h4-11,21H,12-19H2,1-3H3/b7-4+. The summed E-state index contributed by atoms with van der Waals surface area (Å²) in [4.78, 5) is 28.5. The lowest BCUT2D eigenvalue weighted by Gasteiger charge is -2.37. The van der Waals surface area contributed by atoms with E-state index in [4.69, 9.17) is 26.3 Å². The van der Waals surface area contributed by atoms with Gasteiger partial charge in [-0.15, -0.1) is 0 Å². The predicted octanol–water partition coefficient (Wildman–Crippen LogP) is 4.90. The van der Waals surface area contributed by atoms with Gasteiger partial charge in [-0.25, -0.2) is 0 Å². The third kappa shape index (κ3) is 5.43. The second-order valence-corrected chi connectivity index (χ2v) is 10.3. The van der Waals surface area contributed by atoms with Crippen molar-refractivity contribution in [2.75, 3.05) is 50.1 Å². The number of halogens is 1.